The fourth-order valence-electron chi connectivity index (χ4n) is 2.79. The van der Waals surface area contributed by atoms with Gasteiger partial charge >= 0.3 is 6.18 Å². The second kappa shape index (κ2) is 7.19. The van der Waals surface area contributed by atoms with Crippen molar-refractivity contribution in [2.45, 2.75) is 6.18 Å². The third-order valence-corrected chi connectivity index (χ3v) is 4.16. The van der Waals surface area contributed by atoms with Gasteiger partial charge < -0.3 is 14.5 Å². The number of anilines is 1. The van der Waals surface area contributed by atoms with Crippen molar-refractivity contribution < 1.29 is 22.7 Å². The number of pyridine rings is 2. The van der Waals surface area contributed by atoms with Gasteiger partial charge in [-0.2, -0.15) is 13.2 Å². The van der Waals surface area contributed by atoms with Crippen LogP contribution in [0.25, 0.3) is 0 Å². The van der Waals surface area contributed by atoms with Crippen LogP contribution in [0.1, 0.15) is 16.1 Å². The van der Waals surface area contributed by atoms with Crippen LogP contribution in [-0.4, -0.2) is 54.1 Å². The van der Waals surface area contributed by atoms with Gasteiger partial charge in [0, 0.05) is 44.6 Å². The number of methoxy groups -OCH3 is 1. The van der Waals surface area contributed by atoms with E-state index in [2.05, 4.69) is 9.97 Å². The predicted octanol–water partition coefficient (Wildman–Crippen LogP) is 2.47. The van der Waals surface area contributed by atoms with Gasteiger partial charge in [0.05, 0.1) is 12.7 Å². The van der Waals surface area contributed by atoms with Crippen LogP contribution in [0.3, 0.4) is 0 Å². The molecule has 0 N–H and O–H groups in total. The van der Waals surface area contributed by atoms with Crippen LogP contribution in [-0.2, 0) is 6.18 Å². The average Bonchev–Trinajstić information content (AvgIpc) is 2.67. The summed E-state index contributed by atoms with van der Waals surface area (Å²) in [6.45, 7) is 1.48. The average molecular weight is 366 g/mol. The van der Waals surface area contributed by atoms with Crippen LogP contribution in [0.15, 0.2) is 36.7 Å². The molecule has 1 saturated heterocycles. The summed E-state index contributed by atoms with van der Waals surface area (Å²) in [7, 11) is 1.56. The van der Waals surface area contributed by atoms with E-state index in [0.717, 1.165) is 6.07 Å². The van der Waals surface area contributed by atoms with E-state index in [1.807, 2.05) is 4.90 Å². The number of carbonyl (C=O) groups is 1. The zero-order valence-electron chi connectivity index (χ0n) is 14.0. The number of hydrogen-bond acceptors (Lipinski definition) is 5. The van der Waals surface area contributed by atoms with Crippen LogP contribution in [0.4, 0.5) is 19.0 Å². The van der Waals surface area contributed by atoms with Crippen LogP contribution < -0.4 is 9.64 Å². The van der Waals surface area contributed by atoms with Crippen molar-refractivity contribution >= 4 is 11.7 Å². The summed E-state index contributed by atoms with van der Waals surface area (Å²) < 4.78 is 44.4. The van der Waals surface area contributed by atoms with E-state index in [4.69, 9.17) is 4.74 Å². The minimum absolute atomic E-state index is 0.283. The lowest BCUT2D eigenvalue weighted by Crippen LogP contribution is -2.49. The van der Waals surface area contributed by atoms with Gasteiger partial charge in [0.15, 0.2) is 0 Å². The Kier molecular flexibility index (Phi) is 4.97. The summed E-state index contributed by atoms with van der Waals surface area (Å²) in [5.41, 5.74) is -1.57. The van der Waals surface area contributed by atoms with Gasteiger partial charge in [-0.1, -0.05) is 0 Å². The van der Waals surface area contributed by atoms with E-state index in [1.165, 1.54) is 17.2 Å². The topological polar surface area (TPSA) is 58.6 Å². The minimum atomic E-state index is -4.62. The van der Waals surface area contributed by atoms with Gasteiger partial charge in [-0.25, -0.2) is 4.98 Å². The maximum atomic E-state index is 13.1. The summed E-state index contributed by atoms with van der Waals surface area (Å²) in [5, 5.41) is 0. The minimum Gasteiger partial charge on any atom is -0.497 e. The highest BCUT2D eigenvalue weighted by molar-refractivity contribution is 5.94. The molecule has 0 bridgehead atoms. The number of nitrogens with zero attached hydrogens (tertiary/aromatic N) is 4. The number of rotatable bonds is 3. The smallest absolute Gasteiger partial charge is 0.418 e. The molecule has 1 aliphatic rings. The first-order valence-corrected chi connectivity index (χ1v) is 7.96. The molecule has 1 aliphatic heterocycles. The molecule has 0 aliphatic carbocycles. The number of halogens is 3. The van der Waals surface area contributed by atoms with Crippen molar-refractivity contribution in [1.29, 1.82) is 0 Å². The summed E-state index contributed by atoms with van der Waals surface area (Å²) >= 11 is 0. The second-order valence-corrected chi connectivity index (χ2v) is 5.73. The first kappa shape index (κ1) is 18.0. The molecule has 138 valence electrons. The van der Waals surface area contributed by atoms with Gasteiger partial charge in [-0.05, 0) is 18.2 Å². The molecule has 0 saturated carbocycles. The molecule has 2 aromatic heterocycles. The Morgan fingerprint density at radius 3 is 2.50 bits per heavy atom. The van der Waals surface area contributed by atoms with Crippen molar-refractivity contribution in [3.63, 3.8) is 0 Å². The first-order valence-electron chi connectivity index (χ1n) is 7.96. The fourth-order valence-corrected chi connectivity index (χ4v) is 2.79. The van der Waals surface area contributed by atoms with E-state index >= 15 is 0 Å². The van der Waals surface area contributed by atoms with Crippen molar-refractivity contribution in [1.82, 2.24) is 14.9 Å². The molecular weight excluding hydrogens is 349 g/mol. The highest BCUT2D eigenvalue weighted by atomic mass is 19.4. The summed E-state index contributed by atoms with van der Waals surface area (Å²) in [5.74, 6) is 0.651. The molecule has 9 heteroatoms. The molecule has 0 spiro atoms. The summed E-state index contributed by atoms with van der Waals surface area (Å²) in [6.07, 6.45) is -1.81. The Bertz CT molecular complexity index is 790. The normalized spacial score (nSPS) is 15.1. The van der Waals surface area contributed by atoms with Gasteiger partial charge in [-0.15, -0.1) is 0 Å². The highest BCUT2D eigenvalue weighted by Crippen LogP contribution is 2.31. The molecule has 0 unspecified atom stereocenters. The molecule has 0 aromatic carbocycles. The Morgan fingerprint density at radius 1 is 1.12 bits per heavy atom. The fraction of sp³-hybridized carbons (Fsp3) is 0.353. The number of ether oxygens (including phenoxy) is 1. The zero-order valence-corrected chi connectivity index (χ0v) is 14.0. The molecule has 0 radical (unpaired) electrons. The van der Waals surface area contributed by atoms with Gasteiger partial charge in [0.25, 0.3) is 5.91 Å². The Balaban J connectivity index is 1.71. The number of amides is 1. The third-order valence-electron chi connectivity index (χ3n) is 4.16. The molecule has 3 rings (SSSR count). The lowest BCUT2D eigenvalue weighted by Gasteiger charge is -2.35. The van der Waals surface area contributed by atoms with Crippen molar-refractivity contribution in [2.75, 3.05) is 38.2 Å². The predicted molar refractivity (Wildman–Crippen MR) is 88.1 cm³/mol. The second-order valence-electron chi connectivity index (χ2n) is 5.73. The molecule has 3 heterocycles. The lowest BCUT2D eigenvalue weighted by atomic mass is 10.1. The van der Waals surface area contributed by atoms with Crippen molar-refractivity contribution in [3.8, 4) is 5.75 Å². The number of piperazine rings is 1. The van der Waals surface area contributed by atoms with Gasteiger partial charge in [-0.3, -0.25) is 9.78 Å². The van der Waals surface area contributed by atoms with Crippen LogP contribution in [0.2, 0.25) is 0 Å². The number of carbonyl (C=O) groups excluding carboxylic acids is 1. The highest BCUT2D eigenvalue weighted by Gasteiger charge is 2.37. The number of aromatic nitrogens is 2. The standard InChI is InChI=1S/C17H17F3N4O2/c1-26-12-4-6-21-14(11-12)23-7-9-24(10-8-23)16(25)15-13(17(18,19)20)3-2-5-22-15/h2-6,11H,7-10H2,1H3. The van der Waals surface area contributed by atoms with E-state index < -0.39 is 23.3 Å². The molecule has 0 atom stereocenters. The molecule has 6 nitrogen and oxygen atoms in total. The van der Waals surface area contributed by atoms with Gasteiger partial charge in [0.1, 0.15) is 17.3 Å². The quantitative estimate of drug-likeness (QED) is 0.835. The summed E-state index contributed by atoms with van der Waals surface area (Å²) in [4.78, 5) is 23.8. The molecule has 1 fully saturated rings. The van der Waals surface area contributed by atoms with E-state index in [9.17, 15) is 18.0 Å². The van der Waals surface area contributed by atoms with Crippen LogP contribution >= 0.6 is 0 Å². The van der Waals surface area contributed by atoms with Gasteiger partial charge in [0.2, 0.25) is 0 Å². The van der Waals surface area contributed by atoms with E-state index in [-0.39, 0.29) is 13.1 Å². The molecular formula is C17H17F3N4O2. The Morgan fingerprint density at radius 2 is 1.85 bits per heavy atom. The molecule has 26 heavy (non-hydrogen) atoms. The molecule has 2 aromatic rings. The Labute approximate surface area is 148 Å². The number of alkyl halides is 3. The van der Waals surface area contributed by atoms with Crippen molar-refractivity contribution in [3.05, 3.63) is 47.9 Å². The first-order chi connectivity index (χ1) is 12.4. The largest absolute Gasteiger partial charge is 0.497 e. The SMILES string of the molecule is COc1ccnc(N2CCN(C(=O)c3ncccc3C(F)(F)F)CC2)c1. The lowest BCUT2D eigenvalue weighted by molar-refractivity contribution is -0.138. The maximum Gasteiger partial charge on any atom is 0.418 e. The third kappa shape index (κ3) is 3.71. The summed E-state index contributed by atoms with van der Waals surface area (Å²) in [6, 6.07) is 5.55. The van der Waals surface area contributed by atoms with E-state index in [0.29, 0.717) is 24.7 Å². The van der Waals surface area contributed by atoms with Crippen LogP contribution in [0, 0.1) is 0 Å². The monoisotopic (exact) mass is 366 g/mol. The van der Waals surface area contributed by atoms with Crippen molar-refractivity contribution in [2.24, 2.45) is 0 Å². The molecule has 1 amide bonds. The Hall–Kier alpha value is -2.84. The maximum absolute atomic E-state index is 13.1. The van der Waals surface area contributed by atoms with E-state index in [1.54, 1.807) is 25.4 Å². The van der Waals surface area contributed by atoms with Crippen LogP contribution in [0.5, 0.6) is 5.75 Å². The zero-order chi connectivity index (χ0) is 18.7. The number of hydrogen-bond donors (Lipinski definition) is 0.